The number of nitrogens with zero attached hydrogens (tertiary/aromatic N) is 10. The largest absolute Gasteiger partial charge is 0.311 e. The first-order valence-electron chi connectivity index (χ1n) is 40.1. The molecule has 0 N–H and O–H groups in total. The van der Waals surface area contributed by atoms with Crippen LogP contribution in [0.25, 0.3) is 178 Å². The molecule has 23 aromatic rings. The second kappa shape index (κ2) is 31.0. The van der Waals surface area contributed by atoms with Crippen LogP contribution in [0.5, 0.6) is 0 Å². The number of hydrogen-bond donors (Lipinski definition) is 0. The fraction of sp³-hybridized carbons (Fsp3) is 0. The summed E-state index contributed by atoms with van der Waals surface area (Å²) in [7, 11) is 0. The van der Waals surface area contributed by atoms with Gasteiger partial charge in [-0.15, -0.1) is 0 Å². The van der Waals surface area contributed by atoms with Crippen molar-refractivity contribution in [1.29, 1.82) is 0 Å². The molecule has 0 amide bonds. The molecule has 0 radical (unpaired) electrons. The Kier molecular flexibility index (Phi) is 18.4. The molecule has 23 rings (SSSR count). The van der Waals surface area contributed by atoms with E-state index in [4.69, 9.17) is 24.9 Å². The first kappa shape index (κ1) is 70.7. The quantitative estimate of drug-likeness (QED) is 0.114. The maximum Gasteiger partial charge on any atom is 0.160 e. The van der Waals surface area contributed by atoms with E-state index in [1.807, 2.05) is 103 Å². The van der Waals surface area contributed by atoms with E-state index >= 15 is 0 Å². The van der Waals surface area contributed by atoms with Crippen molar-refractivity contribution < 1.29 is 0 Å². The van der Waals surface area contributed by atoms with Crippen molar-refractivity contribution in [3.63, 3.8) is 0 Å². The minimum absolute atomic E-state index is 0.681. The van der Waals surface area contributed by atoms with Gasteiger partial charge < -0.3 is 18.6 Å². The third kappa shape index (κ3) is 13.3. The normalized spacial score (nSPS) is 11.4. The molecule has 0 atom stereocenters. The highest BCUT2D eigenvalue weighted by Gasteiger charge is 2.21. The van der Waals surface area contributed by atoms with E-state index in [0.717, 1.165) is 113 Å². The Morgan fingerprint density at radius 1 is 0.160 bits per heavy atom. The van der Waals surface area contributed by atoms with E-state index < -0.39 is 0 Å². The number of benzene rings is 16. The Labute approximate surface area is 687 Å². The molecule has 10 heteroatoms. The molecule has 0 fully saturated rings. The first-order chi connectivity index (χ1) is 59.0. The fourth-order valence-electron chi connectivity index (χ4n) is 16.9. The molecule has 560 valence electrons. The predicted octanol–water partition coefficient (Wildman–Crippen LogP) is 27.9. The number of fused-ring (bicyclic) bond motifs is 12. The number of rotatable bonds is 13. The summed E-state index contributed by atoms with van der Waals surface area (Å²) >= 11 is 0. The Bertz CT molecular complexity index is 7140. The summed E-state index contributed by atoms with van der Waals surface area (Å²) in [5.74, 6) is 2.26. The number of pyridine rings is 1. The average molecular weight is 1520 g/mol. The van der Waals surface area contributed by atoms with E-state index in [1.165, 1.54) is 76.2 Å². The average Bonchev–Trinajstić information content (AvgIpc) is 1.62. The lowest BCUT2D eigenvalue weighted by atomic mass is 10.1. The van der Waals surface area contributed by atoms with Crippen molar-refractivity contribution in [2.75, 3.05) is 4.90 Å². The summed E-state index contributed by atoms with van der Waals surface area (Å²) in [5.41, 5.74) is 25.7. The van der Waals surface area contributed by atoms with Crippen LogP contribution in [0, 0.1) is 0 Å². The van der Waals surface area contributed by atoms with Crippen LogP contribution in [-0.2, 0) is 0 Å². The first-order valence-corrected chi connectivity index (χ1v) is 40.1. The third-order valence-corrected chi connectivity index (χ3v) is 22.4. The highest BCUT2D eigenvalue weighted by atomic mass is 15.1. The van der Waals surface area contributed by atoms with Crippen LogP contribution in [0.2, 0.25) is 0 Å². The molecule has 7 aromatic heterocycles. The van der Waals surface area contributed by atoms with Gasteiger partial charge in [-0.1, -0.05) is 303 Å². The third-order valence-electron chi connectivity index (χ3n) is 22.4. The van der Waals surface area contributed by atoms with Gasteiger partial charge in [-0.05, 0) is 146 Å². The summed E-state index contributed by atoms with van der Waals surface area (Å²) in [6, 6.07) is 157. The van der Waals surface area contributed by atoms with Crippen LogP contribution in [0.1, 0.15) is 0 Å². The minimum atomic E-state index is 0.681. The Balaban J connectivity index is 0.000000112. The highest BCUT2D eigenvalue weighted by Crippen LogP contribution is 2.41. The summed E-state index contributed by atoms with van der Waals surface area (Å²) < 4.78 is 9.29. The van der Waals surface area contributed by atoms with Crippen molar-refractivity contribution >= 4 is 104 Å². The molecule has 10 nitrogen and oxygen atoms in total. The van der Waals surface area contributed by atoms with Gasteiger partial charge >= 0.3 is 0 Å². The van der Waals surface area contributed by atoms with Crippen LogP contribution >= 0.6 is 0 Å². The fourth-order valence-corrected chi connectivity index (χ4v) is 16.9. The molecular weight excluding hydrogens is 1450 g/mol. The van der Waals surface area contributed by atoms with Gasteiger partial charge in [-0.25, -0.2) is 24.9 Å². The summed E-state index contributed by atoms with van der Waals surface area (Å²) in [5, 5.41) is 10.0. The van der Waals surface area contributed by atoms with Crippen molar-refractivity contribution in [1.82, 2.24) is 43.2 Å². The highest BCUT2D eigenvalue weighted by molar-refractivity contribution is 6.12. The molecule has 0 aliphatic carbocycles. The van der Waals surface area contributed by atoms with E-state index in [1.54, 1.807) is 0 Å². The molecular formula is C109H74N10. The molecule has 0 aliphatic rings. The zero-order chi connectivity index (χ0) is 79.0. The predicted molar refractivity (Wildman–Crippen MR) is 493 cm³/mol. The molecule has 7 heterocycles. The molecule has 0 saturated carbocycles. The minimum Gasteiger partial charge on any atom is -0.311 e. The van der Waals surface area contributed by atoms with Crippen LogP contribution in [0.4, 0.5) is 17.1 Å². The van der Waals surface area contributed by atoms with Crippen molar-refractivity contribution in [3.05, 3.63) is 449 Å². The van der Waals surface area contributed by atoms with Crippen molar-refractivity contribution in [2.45, 2.75) is 0 Å². The van der Waals surface area contributed by atoms with Gasteiger partial charge in [0.2, 0.25) is 0 Å². The van der Waals surface area contributed by atoms with Gasteiger partial charge in [0, 0.05) is 105 Å². The number of aromatic nitrogens is 9. The standard InChI is InChI=1S/C42H29N3.C34H23N3.C33H22N4/c1-2-12-30(13-3-1)43(31-22-26-33(27-23-31)44-39-18-8-4-14-35(39)36-15-5-9-19-40(36)44)32-24-28-34(29-25-32)45-41-20-10-6-16-37(41)38-17-7-11-21-42(38)45;1-3-11-24(12-4-1)30-23-31(36-34(35-30)26-13-5-2-6-14-26)25-19-21-27(22-20-25)37-32-17-9-7-15-28(32)29-16-8-10-18-33(29)37;1-3-12-23(13-4-1)28-22-29(36-33(35-28)24-14-5-2-6-15-24)27-18-11-21-32(34-27)37-30-19-9-7-16-25(30)26-17-8-10-20-31(26)37/h1-29H;1-23H;1-22H. The zero-order valence-corrected chi connectivity index (χ0v) is 64.7. The Morgan fingerprint density at radius 2 is 0.403 bits per heavy atom. The number of hydrogen-bond acceptors (Lipinski definition) is 6. The van der Waals surface area contributed by atoms with Gasteiger partial charge in [0.25, 0.3) is 0 Å². The monoisotopic (exact) mass is 1520 g/mol. The smallest absolute Gasteiger partial charge is 0.160 e. The van der Waals surface area contributed by atoms with Crippen LogP contribution in [0.15, 0.2) is 449 Å². The van der Waals surface area contributed by atoms with E-state index in [2.05, 4.69) is 369 Å². The lowest BCUT2D eigenvalue weighted by Gasteiger charge is -2.26. The number of para-hydroxylation sites is 9. The summed E-state index contributed by atoms with van der Waals surface area (Å²) in [6.45, 7) is 0. The van der Waals surface area contributed by atoms with Gasteiger partial charge in [0.05, 0.1) is 72.6 Å². The molecule has 16 aromatic carbocycles. The molecule has 0 bridgehead atoms. The van der Waals surface area contributed by atoms with E-state index in [0.29, 0.717) is 5.82 Å². The maximum absolute atomic E-state index is 5.13. The van der Waals surface area contributed by atoms with E-state index in [-0.39, 0.29) is 0 Å². The van der Waals surface area contributed by atoms with Gasteiger partial charge in [-0.3, -0.25) is 4.57 Å². The lowest BCUT2D eigenvalue weighted by molar-refractivity contribution is 1.07. The maximum atomic E-state index is 5.13. The van der Waals surface area contributed by atoms with Crippen LogP contribution in [0.3, 0.4) is 0 Å². The lowest BCUT2D eigenvalue weighted by Crippen LogP contribution is -2.10. The van der Waals surface area contributed by atoms with Crippen LogP contribution in [-0.4, -0.2) is 43.2 Å². The Morgan fingerprint density at radius 3 is 0.731 bits per heavy atom. The SMILES string of the molecule is c1ccc(-c2cc(-c3ccc(-n4c5ccccc5c5ccccc54)cc3)nc(-c3ccccc3)n2)cc1.c1ccc(-c2cc(-c3cccc(-n4c5ccccc5c5ccccc54)n3)nc(-c3ccccc3)n2)cc1.c1ccc(N(c2ccc(-n3c4ccccc4c4ccccc43)cc2)c2ccc(-n3c4ccccc4c4ccccc43)cc2)cc1. The van der Waals surface area contributed by atoms with Crippen LogP contribution < -0.4 is 4.90 Å². The topological polar surface area (TPSA) is 87.4 Å². The van der Waals surface area contributed by atoms with Gasteiger partial charge in [-0.2, -0.15) is 0 Å². The van der Waals surface area contributed by atoms with Crippen molar-refractivity contribution in [2.24, 2.45) is 0 Å². The van der Waals surface area contributed by atoms with Gasteiger partial charge in [0.1, 0.15) is 5.82 Å². The number of anilines is 3. The molecule has 0 unspecified atom stereocenters. The second-order valence-electron chi connectivity index (χ2n) is 29.5. The molecule has 0 spiro atoms. The van der Waals surface area contributed by atoms with E-state index in [9.17, 15) is 0 Å². The second-order valence-corrected chi connectivity index (χ2v) is 29.5. The molecule has 119 heavy (non-hydrogen) atoms. The summed E-state index contributed by atoms with van der Waals surface area (Å²) in [6.07, 6.45) is 0. The Hall–Kier alpha value is -16.2. The molecule has 0 aliphatic heterocycles. The zero-order valence-electron chi connectivity index (χ0n) is 64.7. The molecule has 0 saturated heterocycles. The summed E-state index contributed by atoms with van der Waals surface area (Å²) in [4.78, 5) is 27.2. The van der Waals surface area contributed by atoms with Gasteiger partial charge in [0.15, 0.2) is 11.6 Å². The van der Waals surface area contributed by atoms with Crippen molar-refractivity contribution in [3.8, 4) is 90.8 Å².